The molecule has 14 heteroatoms. The van der Waals surface area contributed by atoms with Crippen LogP contribution in [0.4, 0.5) is 18.3 Å². The molecule has 242 valence electrons. The van der Waals surface area contributed by atoms with Crippen molar-refractivity contribution in [3.8, 4) is 17.0 Å². The Morgan fingerprint density at radius 3 is 2.70 bits per heavy atom. The van der Waals surface area contributed by atoms with Crippen molar-refractivity contribution in [2.75, 3.05) is 6.54 Å². The number of halogens is 3. The van der Waals surface area contributed by atoms with Gasteiger partial charge in [0.25, 0.3) is 5.91 Å². The van der Waals surface area contributed by atoms with Crippen LogP contribution in [0.3, 0.4) is 0 Å². The molecule has 1 atom stereocenters. The average Bonchev–Trinajstić information content (AvgIpc) is 3.62. The molecule has 0 radical (unpaired) electrons. The number of nitrogens with one attached hydrogen (secondary N) is 1. The molecule has 1 amide bonds. The molecule has 2 N–H and O–H groups in total. The molecule has 4 aromatic rings. The smallest absolute Gasteiger partial charge is 0.480 e. The van der Waals surface area contributed by atoms with Crippen molar-refractivity contribution in [1.82, 2.24) is 15.5 Å². The van der Waals surface area contributed by atoms with Gasteiger partial charge in [-0.15, -0.1) is 13.2 Å². The molecule has 2 saturated carbocycles. The Balaban J connectivity index is 1.17. The number of carbonyl (C=O) groups excluding carboxylic acids is 1. The molecule has 2 aromatic carbocycles. The second kappa shape index (κ2) is 13.6. The molecule has 2 heterocycles. The summed E-state index contributed by atoms with van der Waals surface area (Å²) in [7, 11) is 0. The third-order valence-corrected chi connectivity index (χ3v) is 8.95. The van der Waals surface area contributed by atoms with Crippen molar-refractivity contribution in [1.29, 1.82) is 0 Å². The maximum Gasteiger partial charge on any atom is 0.573 e. The van der Waals surface area contributed by atoms with E-state index >= 15 is 0 Å². The highest BCUT2D eigenvalue weighted by Gasteiger charge is 2.36. The number of amides is 1. The van der Waals surface area contributed by atoms with E-state index in [2.05, 4.69) is 25.2 Å². The molecule has 0 aliphatic heterocycles. The van der Waals surface area contributed by atoms with Gasteiger partial charge in [-0.2, -0.15) is 0 Å². The Bertz CT molecular complexity index is 1750. The van der Waals surface area contributed by atoms with E-state index in [4.69, 9.17) is 14.4 Å². The topological polar surface area (TPSA) is 136 Å². The predicted octanol–water partition coefficient (Wildman–Crippen LogP) is 7.41. The summed E-state index contributed by atoms with van der Waals surface area (Å²) in [6.07, 6.45) is 3.23. The molecule has 46 heavy (non-hydrogen) atoms. The molecule has 10 nitrogen and oxygen atoms in total. The lowest BCUT2D eigenvalue weighted by Crippen LogP contribution is -2.29. The fourth-order valence-electron chi connectivity index (χ4n) is 5.36. The number of hydrogen-bond donors (Lipinski definition) is 2. The maximum atomic E-state index is 13.2. The number of carboxylic acid groups (broad SMARTS) is 1. The third kappa shape index (κ3) is 7.91. The molecular formula is C32H31F3N4O6S. The highest BCUT2D eigenvalue weighted by molar-refractivity contribution is 7.22. The monoisotopic (exact) mass is 656 g/mol. The van der Waals surface area contributed by atoms with Crippen molar-refractivity contribution in [3.63, 3.8) is 0 Å². The molecular weight excluding hydrogens is 625 g/mol. The van der Waals surface area contributed by atoms with Crippen molar-refractivity contribution in [2.45, 2.75) is 69.9 Å². The van der Waals surface area contributed by atoms with Crippen LogP contribution in [0.5, 0.6) is 5.75 Å². The van der Waals surface area contributed by atoms with E-state index in [-0.39, 0.29) is 35.6 Å². The van der Waals surface area contributed by atoms with Gasteiger partial charge in [0.1, 0.15) is 23.7 Å². The summed E-state index contributed by atoms with van der Waals surface area (Å²) in [4.78, 5) is 32.1. The Morgan fingerprint density at radius 1 is 1.17 bits per heavy atom. The van der Waals surface area contributed by atoms with E-state index in [1.165, 1.54) is 36.0 Å². The van der Waals surface area contributed by atoms with Gasteiger partial charge in [0.2, 0.25) is 5.13 Å². The van der Waals surface area contributed by atoms with E-state index in [0.29, 0.717) is 39.9 Å². The molecule has 0 spiro atoms. The van der Waals surface area contributed by atoms with Gasteiger partial charge in [0.05, 0.1) is 22.9 Å². The highest BCUT2D eigenvalue weighted by atomic mass is 32.1. The number of alkyl halides is 3. The summed E-state index contributed by atoms with van der Waals surface area (Å²) in [5.41, 5.74) is 2.09. The van der Waals surface area contributed by atoms with Gasteiger partial charge < -0.3 is 24.4 Å². The highest BCUT2D eigenvalue weighted by Crippen LogP contribution is 2.46. The van der Waals surface area contributed by atoms with Crippen LogP contribution in [-0.2, 0) is 16.1 Å². The first-order valence-electron chi connectivity index (χ1n) is 15.0. The number of rotatable bonds is 14. The summed E-state index contributed by atoms with van der Waals surface area (Å²) in [6.45, 7) is -0.358. The Kier molecular flexibility index (Phi) is 9.36. The number of carboxylic acids is 1. The minimum absolute atomic E-state index is 0.115. The van der Waals surface area contributed by atoms with Crippen LogP contribution >= 0.6 is 11.3 Å². The van der Waals surface area contributed by atoms with Crippen LogP contribution in [0.1, 0.15) is 72.5 Å². The molecule has 0 bridgehead atoms. The number of aliphatic carboxylic acids is 1. The van der Waals surface area contributed by atoms with Crippen LogP contribution in [0.15, 0.2) is 52.0 Å². The van der Waals surface area contributed by atoms with Crippen LogP contribution in [0.2, 0.25) is 0 Å². The van der Waals surface area contributed by atoms with E-state index in [0.717, 1.165) is 36.8 Å². The number of thiazole rings is 1. The van der Waals surface area contributed by atoms with Gasteiger partial charge in [0, 0.05) is 35.2 Å². The van der Waals surface area contributed by atoms with Crippen molar-refractivity contribution >= 4 is 44.8 Å². The first-order chi connectivity index (χ1) is 22.1. The normalized spacial score (nSPS) is 16.1. The minimum atomic E-state index is -4.86. The van der Waals surface area contributed by atoms with Gasteiger partial charge in [-0.3, -0.25) is 9.59 Å². The molecule has 0 unspecified atom stereocenters. The predicted molar refractivity (Wildman–Crippen MR) is 163 cm³/mol. The largest absolute Gasteiger partial charge is 0.573 e. The first-order valence-corrected chi connectivity index (χ1v) is 15.8. The number of aromatic nitrogens is 2. The summed E-state index contributed by atoms with van der Waals surface area (Å²) in [5.74, 6) is -0.653. The Morgan fingerprint density at radius 2 is 1.98 bits per heavy atom. The van der Waals surface area contributed by atoms with Crippen molar-refractivity contribution in [3.05, 3.63) is 59.4 Å². The molecule has 2 aromatic heterocycles. The van der Waals surface area contributed by atoms with E-state index in [1.54, 1.807) is 30.5 Å². The van der Waals surface area contributed by atoms with Gasteiger partial charge >= 0.3 is 12.3 Å². The van der Waals surface area contributed by atoms with Crippen LogP contribution in [-0.4, -0.2) is 52.3 Å². The van der Waals surface area contributed by atoms with Crippen molar-refractivity contribution in [2.24, 2.45) is 10.9 Å². The Labute approximate surface area is 265 Å². The molecule has 0 saturated heterocycles. The third-order valence-electron chi connectivity index (χ3n) is 8.03. The van der Waals surface area contributed by atoms with Gasteiger partial charge in [-0.1, -0.05) is 47.9 Å². The van der Waals surface area contributed by atoms with E-state index < -0.39 is 24.8 Å². The van der Waals surface area contributed by atoms with Crippen LogP contribution in [0.25, 0.3) is 21.5 Å². The van der Waals surface area contributed by atoms with E-state index in [9.17, 15) is 22.8 Å². The summed E-state index contributed by atoms with van der Waals surface area (Å²) >= 11 is 1.30. The van der Waals surface area contributed by atoms with E-state index in [1.807, 2.05) is 0 Å². The minimum Gasteiger partial charge on any atom is -0.480 e. The number of nitrogens with zero attached hydrogens (tertiary/aromatic N) is 3. The summed E-state index contributed by atoms with van der Waals surface area (Å²) in [6, 6.07) is 10.8. The number of benzene rings is 2. The standard InChI is InChI=1S/C32H31F3N4O6S/c33-32(34,35)44-25-7-2-1-6-22(25)28-23(29(45-39-28)19-8-9-19)17-43-21(14-18-4-3-5-18)12-13-36-31-38-24-11-10-20(15-26(24)46-31)30(42)37-16-27(40)41/h1-2,6-7,10-11,13,15,18-19,21H,3-5,8-9,12,14,16-17H2,(H,37,42)(H,40,41)/b36-13+/t21-/m1/s1. The molecule has 2 aliphatic carbocycles. The molecule has 2 fully saturated rings. The second-order valence-corrected chi connectivity index (χ2v) is 12.5. The van der Waals surface area contributed by atoms with Crippen LogP contribution < -0.4 is 10.1 Å². The van der Waals surface area contributed by atoms with Crippen molar-refractivity contribution < 1.29 is 41.9 Å². The second-order valence-electron chi connectivity index (χ2n) is 11.5. The maximum absolute atomic E-state index is 13.2. The number of aliphatic imine (C=N–C) groups is 1. The van der Waals surface area contributed by atoms with Crippen LogP contribution in [0, 0.1) is 5.92 Å². The lowest BCUT2D eigenvalue weighted by Gasteiger charge is -2.29. The SMILES string of the molecule is O=C(O)CNC(=O)c1ccc2nc(/N=C/C[C@H](CC3CCC3)OCc3c(-c4ccccc4OC(F)(F)F)noc3C3CC3)sc2c1. The Hall–Kier alpha value is -4.30. The number of fused-ring (bicyclic) bond motifs is 1. The average molecular weight is 657 g/mol. The zero-order valence-corrected chi connectivity index (χ0v) is 25.4. The molecule has 2 aliphatic rings. The number of hydrogen-bond acceptors (Lipinski definition) is 9. The fourth-order valence-corrected chi connectivity index (χ4v) is 6.24. The zero-order chi connectivity index (χ0) is 32.3. The number of para-hydroxylation sites is 1. The van der Waals surface area contributed by atoms with Gasteiger partial charge in [-0.25, -0.2) is 9.98 Å². The first kappa shape index (κ1) is 31.7. The lowest BCUT2D eigenvalue weighted by atomic mass is 9.81. The van der Waals surface area contributed by atoms with Gasteiger partial charge in [0.15, 0.2) is 0 Å². The summed E-state index contributed by atoms with van der Waals surface area (Å²) in [5, 5.41) is 15.8. The number of ether oxygens (including phenoxy) is 2. The summed E-state index contributed by atoms with van der Waals surface area (Å²) < 4.78 is 56.6. The lowest BCUT2D eigenvalue weighted by molar-refractivity contribution is -0.274. The quantitative estimate of drug-likeness (QED) is 0.134. The zero-order valence-electron chi connectivity index (χ0n) is 24.6. The molecule has 6 rings (SSSR count). The van der Waals surface area contributed by atoms with Gasteiger partial charge in [-0.05, 0) is 55.5 Å². The fraction of sp³-hybridized carbons (Fsp3) is 0.406. The number of carbonyl (C=O) groups is 2.